The van der Waals surface area contributed by atoms with Gasteiger partial charge in [-0.2, -0.15) is 0 Å². The van der Waals surface area contributed by atoms with Crippen LogP contribution in [0.25, 0.3) is 11.5 Å². The average molecular weight is 206 g/mol. The Bertz CT molecular complexity index is 481. The van der Waals surface area contributed by atoms with Crippen LogP contribution in [0.4, 0.5) is 6.01 Å². The number of ether oxygens (including phenoxy) is 1. The zero-order valence-corrected chi connectivity index (χ0v) is 8.39. The van der Waals surface area contributed by atoms with Crippen molar-refractivity contribution >= 4 is 6.01 Å². The summed E-state index contributed by atoms with van der Waals surface area (Å²) in [5.74, 6) is 0.746. The minimum atomic E-state index is 0.0210. The minimum absolute atomic E-state index is 0.0210. The predicted octanol–water partition coefficient (Wildman–Crippen LogP) is 1.03. The monoisotopic (exact) mass is 206 g/mol. The Balaban J connectivity index is 2.52. The fourth-order valence-electron chi connectivity index (χ4n) is 1.19. The molecule has 0 aliphatic heterocycles. The first-order chi connectivity index (χ1) is 7.20. The van der Waals surface area contributed by atoms with Gasteiger partial charge < -0.3 is 14.9 Å². The molecule has 0 saturated carbocycles. The Labute approximate surface area is 86.1 Å². The zero-order valence-electron chi connectivity index (χ0n) is 8.39. The van der Waals surface area contributed by atoms with E-state index in [9.17, 15) is 0 Å². The molecule has 2 rings (SSSR count). The highest BCUT2D eigenvalue weighted by molar-refractivity contribution is 5.60. The van der Waals surface area contributed by atoms with E-state index in [1.807, 2.05) is 13.0 Å². The molecule has 0 amide bonds. The number of nitrogen functional groups attached to an aromatic ring is 1. The van der Waals surface area contributed by atoms with Gasteiger partial charge in [0.15, 0.2) is 0 Å². The van der Waals surface area contributed by atoms with Gasteiger partial charge >= 0.3 is 6.01 Å². The number of nitrogens with zero attached hydrogens (tertiary/aromatic N) is 3. The third-order valence-corrected chi connectivity index (χ3v) is 1.86. The van der Waals surface area contributed by atoms with Gasteiger partial charge in [0.2, 0.25) is 5.88 Å². The van der Waals surface area contributed by atoms with Gasteiger partial charge in [0.05, 0.1) is 7.11 Å². The number of aromatic nitrogens is 3. The van der Waals surface area contributed by atoms with Gasteiger partial charge in [0.25, 0.3) is 5.89 Å². The van der Waals surface area contributed by atoms with Gasteiger partial charge in [-0.1, -0.05) is 5.10 Å². The molecule has 0 fully saturated rings. The smallest absolute Gasteiger partial charge is 0.313 e. The van der Waals surface area contributed by atoms with E-state index in [-0.39, 0.29) is 6.01 Å². The van der Waals surface area contributed by atoms with Crippen LogP contribution in [0.3, 0.4) is 0 Å². The van der Waals surface area contributed by atoms with E-state index in [1.54, 1.807) is 6.07 Å². The molecule has 0 atom stereocenters. The Morgan fingerprint density at radius 2 is 2.13 bits per heavy atom. The van der Waals surface area contributed by atoms with Crippen molar-refractivity contribution in [2.24, 2.45) is 0 Å². The van der Waals surface area contributed by atoms with Gasteiger partial charge in [-0.05, 0) is 19.1 Å². The molecule has 15 heavy (non-hydrogen) atoms. The summed E-state index contributed by atoms with van der Waals surface area (Å²) < 4.78 is 10.2. The summed E-state index contributed by atoms with van der Waals surface area (Å²) in [5, 5.41) is 7.33. The Kier molecular flexibility index (Phi) is 2.24. The number of aryl methyl sites for hydroxylation is 1. The standard InChI is InChI=1S/C9H10N4O2/c1-5-3-4-6(7(11-5)14-2)8-12-13-9(10)15-8/h3-4H,1-2H3,(H2,10,13). The SMILES string of the molecule is COc1nc(C)ccc1-c1nnc(N)o1. The number of hydrogen-bond donors (Lipinski definition) is 1. The van der Waals surface area contributed by atoms with E-state index in [1.165, 1.54) is 7.11 Å². The van der Waals surface area contributed by atoms with Crippen LogP contribution >= 0.6 is 0 Å². The summed E-state index contributed by atoms with van der Waals surface area (Å²) in [7, 11) is 1.53. The van der Waals surface area contributed by atoms with Crippen molar-refractivity contribution < 1.29 is 9.15 Å². The van der Waals surface area contributed by atoms with Crippen molar-refractivity contribution in [3.63, 3.8) is 0 Å². The second-order valence-corrected chi connectivity index (χ2v) is 2.95. The normalized spacial score (nSPS) is 10.3. The van der Waals surface area contributed by atoms with Crippen LogP contribution in [0, 0.1) is 6.92 Å². The molecule has 0 aliphatic rings. The molecule has 2 heterocycles. The van der Waals surface area contributed by atoms with E-state index in [2.05, 4.69) is 15.2 Å². The third kappa shape index (κ3) is 1.74. The van der Waals surface area contributed by atoms with E-state index in [0.29, 0.717) is 17.3 Å². The van der Waals surface area contributed by atoms with Gasteiger partial charge in [-0.3, -0.25) is 0 Å². The van der Waals surface area contributed by atoms with Crippen molar-refractivity contribution in [1.82, 2.24) is 15.2 Å². The zero-order chi connectivity index (χ0) is 10.8. The van der Waals surface area contributed by atoms with Crippen LogP contribution < -0.4 is 10.5 Å². The van der Waals surface area contributed by atoms with Crippen LogP contribution in [0.2, 0.25) is 0 Å². The van der Waals surface area contributed by atoms with Gasteiger partial charge in [-0.15, -0.1) is 5.10 Å². The number of methoxy groups -OCH3 is 1. The van der Waals surface area contributed by atoms with E-state index in [0.717, 1.165) is 5.69 Å². The maximum atomic E-state index is 5.34. The first-order valence-corrected chi connectivity index (χ1v) is 4.31. The van der Waals surface area contributed by atoms with E-state index < -0.39 is 0 Å². The quantitative estimate of drug-likeness (QED) is 0.789. The molecular weight excluding hydrogens is 196 g/mol. The molecule has 0 aliphatic carbocycles. The molecule has 78 valence electrons. The minimum Gasteiger partial charge on any atom is -0.480 e. The lowest BCUT2D eigenvalue weighted by molar-refractivity contribution is 0.397. The van der Waals surface area contributed by atoms with Gasteiger partial charge in [0, 0.05) is 5.69 Å². The molecule has 2 aromatic heterocycles. The molecule has 0 saturated heterocycles. The molecule has 6 nitrogen and oxygen atoms in total. The van der Waals surface area contributed by atoms with Crippen LogP contribution in [0.5, 0.6) is 5.88 Å². The largest absolute Gasteiger partial charge is 0.480 e. The van der Waals surface area contributed by atoms with Crippen molar-refractivity contribution in [3.05, 3.63) is 17.8 Å². The van der Waals surface area contributed by atoms with Crippen LogP contribution in [0.1, 0.15) is 5.69 Å². The molecule has 6 heteroatoms. The van der Waals surface area contributed by atoms with Crippen LogP contribution in [-0.4, -0.2) is 22.3 Å². The lowest BCUT2D eigenvalue weighted by Crippen LogP contribution is -1.93. The first-order valence-electron chi connectivity index (χ1n) is 4.31. The first kappa shape index (κ1) is 9.45. The number of hydrogen-bond acceptors (Lipinski definition) is 6. The van der Waals surface area contributed by atoms with Crippen LogP contribution in [0.15, 0.2) is 16.5 Å². The third-order valence-electron chi connectivity index (χ3n) is 1.86. The lowest BCUT2D eigenvalue weighted by atomic mass is 10.2. The molecular formula is C9H10N4O2. The summed E-state index contributed by atoms with van der Waals surface area (Å²) in [6, 6.07) is 3.65. The molecule has 2 N–H and O–H groups in total. The summed E-state index contributed by atoms with van der Waals surface area (Å²) in [5.41, 5.74) is 6.82. The van der Waals surface area contributed by atoms with E-state index >= 15 is 0 Å². The highest BCUT2D eigenvalue weighted by Crippen LogP contribution is 2.27. The topological polar surface area (TPSA) is 87.1 Å². The fourth-order valence-corrected chi connectivity index (χ4v) is 1.19. The summed E-state index contributed by atoms with van der Waals surface area (Å²) in [4.78, 5) is 4.19. The Hall–Kier alpha value is -2.11. The van der Waals surface area contributed by atoms with Gasteiger partial charge in [-0.25, -0.2) is 4.98 Å². The van der Waals surface area contributed by atoms with Gasteiger partial charge in [0.1, 0.15) is 5.56 Å². The van der Waals surface area contributed by atoms with E-state index in [4.69, 9.17) is 14.9 Å². The second-order valence-electron chi connectivity index (χ2n) is 2.95. The molecule has 0 bridgehead atoms. The summed E-state index contributed by atoms with van der Waals surface area (Å²) >= 11 is 0. The molecule has 2 aromatic rings. The predicted molar refractivity (Wildman–Crippen MR) is 53.2 cm³/mol. The summed E-state index contributed by atoms with van der Waals surface area (Å²) in [6.07, 6.45) is 0. The van der Waals surface area contributed by atoms with Crippen LogP contribution in [-0.2, 0) is 0 Å². The maximum absolute atomic E-state index is 5.34. The number of nitrogens with two attached hydrogens (primary N) is 1. The Morgan fingerprint density at radius 3 is 2.73 bits per heavy atom. The molecule has 0 aromatic carbocycles. The number of anilines is 1. The highest BCUT2D eigenvalue weighted by Gasteiger charge is 2.13. The number of rotatable bonds is 2. The molecule has 0 spiro atoms. The lowest BCUT2D eigenvalue weighted by Gasteiger charge is -2.03. The molecule has 0 unspecified atom stereocenters. The highest BCUT2D eigenvalue weighted by atomic mass is 16.5. The summed E-state index contributed by atoms with van der Waals surface area (Å²) in [6.45, 7) is 1.87. The van der Waals surface area contributed by atoms with Crippen molar-refractivity contribution in [2.45, 2.75) is 6.92 Å². The second kappa shape index (κ2) is 3.56. The Morgan fingerprint density at radius 1 is 1.33 bits per heavy atom. The van der Waals surface area contributed by atoms with Crippen molar-refractivity contribution in [3.8, 4) is 17.3 Å². The fraction of sp³-hybridized carbons (Fsp3) is 0.222. The van der Waals surface area contributed by atoms with Crippen molar-refractivity contribution in [2.75, 3.05) is 12.8 Å². The molecule has 0 radical (unpaired) electrons. The maximum Gasteiger partial charge on any atom is 0.313 e. The average Bonchev–Trinajstić information content (AvgIpc) is 2.64. The van der Waals surface area contributed by atoms with Crippen molar-refractivity contribution in [1.29, 1.82) is 0 Å². The number of pyridine rings is 1.